The first kappa shape index (κ1) is 18.7. The number of carbonyl (C=O) groups excluding carboxylic acids is 1. The van der Waals surface area contributed by atoms with Gasteiger partial charge in [0.2, 0.25) is 0 Å². The lowest BCUT2D eigenvalue weighted by atomic mass is 10.1. The quantitative estimate of drug-likeness (QED) is 0.452. The highest BCUT2D eigenvalue weighted by Gasteiger charge is 2.15. The second kappa shape index (κ2) is 8.46. The van der Waals surface area contributed by atoms with Gasteiger partial charge in [-0.1, -0.05) is 12.1 Å². The summed E-state index contributed by atoms with van der Waals surface area (Å²) in [6, 6.07) is 11.8. The van der Waals surface area contributed by atoms with Crippen molar-refractivity contribution in [3.8, 4) is 0 Å². The Labute approximate surface area is 145 Å². The van der Waals surface area contributed by atoms with E-state index in [4.69, 9.17) is 0 Å². The summed E-state index contributed by atoms with van der Waals surface area (Å²) in [4.78, 5) is 24.3. The summed E-state index contributed by atoms with van der Waals surface area (Å²) < 4.78 is 13.1. The maximum atomic E-state index is 13.1. The minimum atomic E-state index is -0.503. The third kappa shape index (κ3) is 5.17. The van der Waals surface area contributed by atoms with Crippen LogP contribution in [0.2, 0.25) is 0 Å². The number of nitro groups is 1. The fourth-order valence-corrected chi connectivity index (χ4v) is 2.48. The minimum Gasteiger partial charge on any atom is -0.308 e. The standard InChI is InChI=1S/C18H20FN3O3/c1-21(2)17(13-3-7-15(19)8-4-13)11-20-12-18(23)14-5-9-16(10-6-14)22(24)25/h3-10,17,20H,11-12H2,1-2H3. The van der Waals surface area contributed by atoms with Gasteiger partial charge in [0.25, 0.3) is 5.69 Å². The molecule has 0 radical (unpaired) electrons. The average molecular weight is 345 g/mol. The molecule has 0 aliphatic heterocycles. The van der Waals surface area contributed by atoms with E-state index in [1.807, 2.05) is 19.0 Å². The SMILES string of the molecule is CN(C)C(CNCC(=O)c1ccc([N+](=O)[O-])cc1)c1ccc(F)cc1. The van der Waals surface area contributed by atoms with Crippen molar-refractivity contribution in [2.24, 2.45) is 0 Å². The molecule has 0 aliphatic carbocycles. The van der Waals surface area contributed by atoms with Crippen molar-refractivity contribution in [2.45, 2.75) is 6.04 Å². The zero-order valence-corrected chi connectivity index (χ0v) is 14.1. The number of halogens is 1. The van der Waals surface area contributed by atoms with E-state index < -0.39 is 4.92 Å². The number of nitrogens with one attached hydrogen (secondary N) is 1. The van der Waals surface area contributed by atoms with Gasteiger partial charge in [-0.15, -0.1) is 0 Å². The van der Waals surface area contributed by atoms with Gasteiger partial charge in [0.1, 0.15) is 5.82 Å². The molecule has 0 fully saturated rings. The zero-order valence-electron chi connectivity index (χ0n) is 14.1. The van der Waals surface area contributed by atoms with E-state index in [1.54, 1.807) is 12.1 Å². The summed E-state index contributed by atoms with van der Waals surface area (Å²) >= 11 is 0. The number of carbonyl (C=O) groups is 1. The van der Waals surface area contributed by atoms with Gasteiger partial charge < -0.3 is 10.2 Å². The van der Waals surface area contributed by atoms with Crippen LogP contribution in [0.4, 0.5) is 10.1 Å². The van der Waals surface area contributed by atoms with Crippen LogP contribution in [0.25, 0.3) is 0 Å². The predicted molar refractivity (Wildman–Crippen MR) is 93.1 cm³/mol. The van der Waals surface area contributed by atoms with Crippen LogP contribution in [0, 0.1) is 15.9 Å². The van der Waals surface area contributed by atoms with E-state index in [0.717, 1.165) is 5.56 Å². The number of Topliss-reactive ketones (excluding diaryl/α,β-unsaturated/α-hetero) is 1. The normalized spacial score (nSPS) is 12.2. The summed E-state index contributed by atoms with van der Waals surface area (Å²) in [5.41, 5.74) is 1.32. The fourth-order valence-electron chi connectivity index (χ4n) is 2.48. The van der Waals surface area contributed by atoms with Crippen LogP contribution >= 0.6 is 0 Å². The van der Waals surface area contributed by atoms with Crippen molar-refractivity contribution >= 4 is 11.5 Å². The molecule has 7 heteroatoms. The number of likely N-dealkylation sites (N-methyl/N-ethyl adjacent to an activating group) is 1. The van der Waals surface area contributed by atoms with E-state index >= 15 is 0 Å². The Morgan fingerprint density at radius 1 is 1.16 bits per heavy atom. The highest BCUT2D eigenvalue weighted by molar-refractivity contribution is 5.97. The summed E-state index contributed by atoms with van der Waals surface area (Å²) in [5, 5.41) is 13.7. The molecular formula is C18H20FN3O3. The third-order valence-corrected chi connectivity index (χ3v) is 3.90. The van der Waals surface area contributed by atoms with Gasteiger partial charge in [0, 0.05) is 30.3 Å². The molecule has 0 aromatic heterocycles. The molecule has 2 aromatic rings. The summed E-state index contributed by atoms with van der Waals surface area (Å²) in [6.45, 7) is 0.626. The van der Waals surface area contributed by atoms with E-state index in [0.29, 0.717) is 12.1 Å². The molecule has 0 saturated heterocycles. The largest absolute Gasteiger partial charge is 0.308 e. The van der Waals surface area contributed by atoms with Gasteiger partial charge in [0.15, 0.2) is 5.78 Å². The van der Waals surface area contributed by atoms with Gasteiger partial charge >= 0.3 is 0 Å². The highest BCUT2D eigenvalue weighted by Crippen LogP contribution is 2.18. The number of benzene rings is 2. The Bertz CT molecular complexity index is 730. The molecule has 0 amide bonds. The Morgan fingerprint density at radius 2 is 1.76 bits per heavy atom. The lowest BCUT2D eigenvalue weighted by molar-refractivity contribution is -0.384. The van der Waals surface area contributed by atoms with Gasteiger partial charge in [-0.3, -0.25) is 14.9 Å². The molecule has 1 unspecified atom stereocenters. The number of nitrogens with zero attached hydrogens (tertiary/aromatic N) is 2. The second-order valence-corrected chi connectivity index (χ2v) is 5.89. The second-order valence-electron chi connectivity index (χ2n) is 5.89. The van der Waals surface area contributed by atoms with Crippen LogP contribution < -0.4 is 5.32 Å². The van der Waals surface area contributed by atoms with E-state index in [-0.39, 0.29) is 29.9 Å². The van der Waals surface area contributed by atoms with Gasteiger partial charge in [0.05, 0.1) is 11.5 Å². The lowest BCUT2D eigenvalue weighted by Crippen LogP contribution is -2.33. The van der Waals surface area contributed by atoms with Crippen LogP contribution in [0.5, 0.6) is 0 Å². The summed E-state index contributed by atoms with van der Waals surface area (Å²) in [5.74, 6) is -0.436. The molecule has 0 aliphatic rings. The first-order valence-electron chi connectivity index (χ1n) is 7.78. The predicted octanol–water partition coefficient (Wildman–Crippen LogP) is 2.81. The molecule has 0 spiro atoms. The minimum absolute atomic E-state index is 0.00902. The van der Waals surface area contributed by atoms with Crippen molar-refractivity contribution in [1.82, 2.24) is 10.2 Å². The van der Waals surface area contributed by atoms with Crippen molar-refractivity contribution in [3.05, 3.63) is 75.6 Å². The molecule has 25 heavy (non-hydrogen) atoms. The Balaban J connectivity index is 1.93. The van der Waals surface area contributed by atoms with E-state index in [1.165, 1.54) is 36.4 Å². The molecular weight excluding hydrogens is 325 g/mol. The van der Waals surface area contributed by atoms with E-state index in [9.17, 15) is 19.3 Å². The van der Waals surface area contributed by atoms with Crippen molar-refractivity contribution in [1.29, 1.82) is 0 Å². The third-order valence-electron chi connectivity index (χ3n) is 3.90. The number of non-ortho nitro benzene ring substituents is 1. The molecule has 0 saturated carbocycles. The average Bonchev–Trinajstić information content (AvgIpc) is 2.59. The molecule has 0 bridgehead atoms. The lowest BCUT2D eigenvalue weighted by Gasteiger charge is -2.25. The molecule has 132 valence electrons. The van der Waals surface area contributed by atoms with Crippen molar-refractivity contribution in [2.75, 3.05) is 27.2 Å². The monoisotopic (exact) mass is 345 g/mol. The molecule has 2 rings (SSSR count). The zero-order chi connectivity index (χ0) is 18.4. The number of ketones is 1. The van der Waals surface area contributed by atoms with Crippen molar-refractivity contribution in [3.63, 3.8) is 0 Å². The molecule has 0 heterocycles. The molecule has 1 N–H and O–H groups in total. The number of nitro benzene ring substituents is 1. The Kier molecular flexibility index (Phi) is 6.32. The van der Waals surface area contributed by atoms with Crippen LogP contribution in [0.15, 0.2) is 48.5 Å². The van der Waals surface area contributed by atoms with Crippen LogP contribution in [0.3, 0.4) is 0 Å². The van der Waals surface area contributed by atoms with Crippen LogP contribution in [-0.2, 0) is 0 Å². The molecule has 2 aromatic carbocycles. The maximum absolute atomic E-state index is 13.1. The summed E-state index contributed by atoms with van der Waals surface area (Å²) in [7, 11) is 3.82. The first-order valence-corrected chi connectivity index (χ1v) is 7.78. The summed E-state index contributed by atoms with van der Waals surface area (Å²) in [6.07, 6.45) is 0. The maximum Gasteiger partial charge on any atom is 0.269 e. The van der Waals surface area contributed by atoms with Gasteiger partial charge in [-0.2, -0.15) is 0 Å². The number of hydrogen-bond acceptors (Lipinski definition) is 5. The number of rotatable bonds is 8. The smallest absolute Gasteiger partial charge is 0.269 e. The Morgan fingerprint density at radius 3 is 2.28 bits per heavy atom. The highest BCUT2D eigenvalue weighted by atomic mass is 19.1. The van der Waals surface area contributed by atoms with E-state index in [2.05, 4.69) is 5.32 Å². The Hall–Kier alpha value is -2.64. The topological polar surface area (TPSA) is 75.5 Å². The van der Waals surface area contributed by atoms with Crippen molar-refractivity contribution < 1.29 is 14.1 Å². The van der Waals surface area contributed by atoms with Crippen LogP contribution in [0.1, 0.15) is 22.0 Å². The molecule has 1 atom stereocenters. The fraction of sp³-hybridized carbons (Fsp3) is 0.278. The van der Waals surface area contributed by atoms with Gasteiger partial charge in [-0.05, 0) is 43.9 Å². The first-order chi connectivity index (χ1) is 11.9. The molecule has 6 nitrogen and oxygen atoms in total. The van der Waals surface area contributed by atoms with Gasteiger partial charge in [-0.25, -0.2) is 4.39 Å². The van der Waals surface area contributed by atoms with Crippen LogP contribution in [-0.4, -0.2) is 42.8 Å². The number of hydrogen-bond donors (Lipinski definition) is 1.